The van der Waals surface area contributed by atoms with Gasteiger partial charge in [0.1, 0.15) is 0 Å². The van der Waals surface area contributed by atoms with Gasteiger partial charge in [-0.05, 0) is 52.7 Å². The van der Waals surface area contributed by atoms with Crippen LogP contribution in [-0.2, 0) is 6.42 Å². The molecule has 0 aromatic heterocycles. The van der Waals surface area contributed by atoms with Crippen LogP contribution in [0.4, 0.5) is 8.78 Å². The quantitative estimate of drug-likeness (QED) is 0.766. The maximum Gasteiger partial charge on any atom is 0.173 e. The fraction of sp³-hybridized carbons (Fsp3) is 0.200. The van der Waals surface area contributed by atoms with Crippen molar-refractivity contribution in [2.24, 2.45) is 0 Å². The SMILES string of the molecule is CNC(Cc1ccccc1Cl)c1ccc(F)c(F)c1Br. The molecule has 0 aliphatic carbocycles. The molecule has 0 radical (unpaired) electrons. The molecule has 5 heteroatoms. The van der Waals surface area contributed by atoms with E-state index in [1.165, 1.54) is 0 Å². The lowest BCUT2D eigenvalue weighted by Crippen LogP contribution is -2.20. The Bertz CT molecular complexity index is 619. The van der Waals surface area contributed by atoms with Crippen LogP contribution in [0.2, 0.25) is 5.02 Å². The molecule has 1 atom stereocenters. The molecule has 1 unspecified atom stereocenters. The van der Waals surface area contributed by atoms with Gasteiger partial charge in [-0.1, -0.05) is 35.9 Å². The first kappa shape index (κ1) is 15.4. The van der Waals surface area contributed by atoms with Gasteiger partial charge in [-0.25, -0.2) is 8.78 Å². The Morgan fingerprint density at radius 1 is 1.20 bits per heavy atom. The summed E-state index contributed by atoms with van der Waals surface area (Å²) >= 11 is 9.25. The summed E-state index contributed by atoms with van der Waals surface area (Å²) in [5.41, 5.74) is 1.61. The summed E-state index contributed by atoms with van der Waals surface area (Å²) in [6, 6.07) is 10.0. The van der Waals surface area contributed by atoms with Crippen molar-refractivity contribution in [1.29, 1.82) is 0 Å². The zero-order valence-electron chi connectivity index (χ0n) is 10.8. The Kier molecular flexibility index (Phi) is 5.13. The van der Waals surface area contributed by atoms with Crippen LogP contribution in [0.1, 0.15) is 17.2 Å². The van der Waals surface area contributed by atoms with Gasteiger partial charge < -0.3 is 5.32 Å². The van der Waals surface area contributed by atoms with E-state index in [9.17, 15) is 8.78 Å². The molecule has 0 amide bonds. The van der Waals surface area contributed by atoms with E-state index >= 15 is 0 Å². The number of nitrogens with one attached hydrogen (secondary N) is 1. The number of hydrogen-bond acceptors (Lipinski definition) is 1. The van der Waals surface area contributed by atoms with Gasteiger partial charge in [-0.15, -0.1) is 0 Å². The monoisotopic (exact) mass is 359 g/mol. The van der Waals surface area contributed by atoms with E-state index in [-0.39, 0.29) is 10.5 Å². The molecule has 0 fully saturated rings. The molecule has 0 heterocycles. The van der Waals surface area contributed by atoms with Crippen molar-refractivity contribution < 1.29 is 8.78 Å². The molecular weight excluding hydrogens is 348 g/mol. The van der Waals surface area contributed by atoms with Crippen LogP contribution >= 0.6 is 27.5 Å². The number of benzene rings is 2. The van der Waals surface area contributed by atoms with Crippen molar-refractivity contribution in [2.75, 3.05) is 7.05 Å². The molecule has 2 rings (SSSR count). The fourth-order valence-corrected chi connectivity index (χ4v) is 2.87. The van der Waals surface area contributed by atoms with E-state index in [0.717, 1.165) is 11.6 Å². The van der Waals surface area contributed by atoms with Crippen LogP contribution in [-0.4, -0.2) is 7.05 Å². The van der Waals surface area contributed by atoms with Gasteiger partial charge in [-0.2, -0.15) is 0 Å². The average molecular weight is 361 g/mol. The van der Waals surface area contributed by atoms with E-state index < -0.39 is 11.6 Å². The van der Waals surface area contributed by atoms with Crippen molar-refractivity contribution in [2.45, 2.75) is 12.5 Å². The predicted molar refractivity (Wildman–Crippen MR) is 81.0 cm³/mol. The molecule has 20 heavy (non-hydrogen) atoms. The molecule has 0 saturated heterocycles. The molecule has 0 aliphatic rings. The van der Waals surface area contributed by atoms with Gasteiger partial charge in [0.15, 0.2) is 11.6 Å². The van der Waals surface area contributed by atoms with Gasteiger partial charge in [-0.3, -0.25) is 0 Å². The highest BCUT2D eigenvalue weighted by Gasteiger charge is 2.19. The standard InChI is InChI=1S/C15H13BrClF2N/c1-20-13(8-9-4-2-3-5-11(9)17)10-6-7-12(18)15(19)14(10)16/h2-7,13,20H,8H2,1H3. The second-order valence-corrected chi connectivity index (χ2v) is 5.60. The highest BCUT2D eigenvalue weighted by molar-refractivity contribution is 9.10. The Labute approximate surface area is 130 Å². The minimum atomic E-state index is -0.873. The van der Waals surface area contributed by atoms with E-state index in [0.29, 0.717) is 17.0 Å². The summed E-state index contributed by atoms with van der Waals surface area (Å²) in [4.78, 5) is 0. The molecule has 0 spiro atoms. The van der Waals surface area contributed by atoms with Gasteiger partial charge in [0, 0.05) is 11.1 Å². The van der Waals surface area contributed by atoms with Crippen molar-refractivity contribution in [3.05, 3.63) is 68.7 Å². The summed E-state index contributed by atoms with van der Waals surface area (Å²) in [6.07, 6.45) is 0.583. The zero-order valence-corrected chi connectivity index (χ0v) is 13.1. The van der Waals surface area contributed by atoms with E-state index in [2.05, 4.69) is 21.2 Å². The topological polar surface area (TPSA) is 12.0 Å². The molecular formula is C15H13BrClF2N. The highest BCUT2D eigenvalue weighted by Crippen LogP contribution is 2.31. The van der Waals surface area contributed by atoms with E-state index in [4.69, 9.17) is 11.6 Å². The maximum absolute atomic E-state index is 13.6. The molecule has 2 aromatic rings. The molecule has 0 bridgehead atoms. The molecule has 2 aromatic carbocycles. The highest BCUT2D eigenvalue weighted by atomic mass is 79.9. The Hall–Kier alpha value is -0.970. The predicted octanol–water partition coefficient (Wildman–Crippen LogP) is 4.88. The van der Waals surface area contributed by atoms with Crippen LogP contribution in [0.25, 0.3) is 0 Å². The zero-order chi connectivity index (χ0) is 14.7. The van der Waals surface area contributed by atoms with E-state index in [1.54, 1.807) is 13.1 Å². The molecule has 1 nitrogen and oxygen atoms in total. The fourth-order valence-electron chi connectivity index (χ4n) is 2.06. The summed E-state index contributed by atoms with van der Waals surface area (Å²) < 4.78 is 26.9. The number of halogens is 4. The van der Waals surface area contributed by atoms with Crippen molar-refractivity contribution in [1.82, 2.24) is 5.32 Å². The van der Waals surface area contributed by atoms with Crippen LogP contribution < -0.4 is 5.32 Å². The maximum atomic E-state index is 13.6. The lowest BCUT2D eigenvalue weighted by atomic mass is 9.99. The third-order valence-electron chi connectivity index (χ3n) is 3.17. The number of likely N-dealkylation sites (N-methyl/N-ethyl adjacent to an activating group) is 1. The number of rotatable bonds is 4. The van der Waals surface area contributed by atoms with Crippen LogP contribution in [0.15, 0.2) is 40.9 Å². The largest absolute Gasteiger partial charge is 0.313 e. The molecule has 0 aliphatic heterocycles. The molecule has 106 valence electrons. The number of hydrogen-bond donors (Lipinski definition) is 1. The molecule has 1 N–H and O–H groups in total. The minimum absolute atomic E-state index is 0.143. The first-order valence-electron chi connectivity index (χ1n) is 6.08. The summed E-state index contributed by atoms with van der Waals surface area (Å²) in [6.45, 7) is 0. The normalized spacial score (nSPS) is 12.4. The first-order chi connectivity index (χ1) is 9.54. The first-order valence-corrected chi connectivity index (χ1v) is 7.25. The van der Waals surface area contributed by atoms with E-state index in [1.807, 2.05) is 24.3 Å². The van der Waals surface area contributed by atoms with Gasteiger partial charge in [0.2, 0.25) is 0 Å². The lowest BCUT2D eigenvalue weighted by Gasteiger charge is -2.19. The Morgan fingerprint density at radius 2 is 1.90 bits per heavy atom. The van der Waals surface area contributed by atoms with Gasteiger partial charge in [0.25, 0.3) is 0 Å². The van der Waals surface area contributed by atoms with Crippen molar-refractivity contribution in [3.8, 4) is 0 Å². The third kappa shape index (κ3) is 3.19. The second-order valence-electron chi connectivity index (χ2n) is 4.40. The summed E-state index contributed by atoms with van der Waals surface area (Å²) in [5, 5.41) is 3.76. The Morgan fingerprint density at radius 3 is 2.55 bits per heavy atom. The van der Waals surface area contributed by atoms with Gasteiger partial charge >= 0.3 is 0 Å². The van der Waals surface area contributed by atoms with Crippen molar-refractivity contribution >= 4 is 27.5 Å². The second kappa shape index (κ2) is 6.66. The minimum Gasteiger partial charge on any atom is -0.313 e. The Balaban J connectivity index is 2.34. The average Bonchev–Trinajstić information content (AvgIpc) is 2.45. The lowest BCUT2D eigenvalue weighted by molar-refractivity contribution is 0.495. The van der Waals surface area contributed by atoms with Crippen LogP contribution in [0.3, 0.4) is 0 Å². The van der Waals surface area contributed by atoms with Crippen LogP contribution in [0.5, 0.6) is 0 Å². The molecule has 0 saturated carbocycles. The van der Waals surface area contributed by atoms with Crippen molar-refractivity contribution in [3.63, 3.8) is 0 Å². The van der Waals surface area contributed by atoms with Gasteiger partial charge in [0.05, 0.1) is 4.47 Å². The van der Waals surface area contributed by atoms with Crippen LogP contribution in [0, 0.1) is 11.6 Å². The smallest absolute Gasteiger partial charge is 0.173 e. The summed E-state index contributed by atoms with van der Waals surface area (Å²) in [7, 11) is 1.77. The summed E-state index contributed by atoms with van der Waals surface area (Å²) in [5.74, 6) is -1.74. The third-order valence-corrected chi connectivity index (χ3v) is 4.35.